The van der Waals surface area contributed by atoms with Gasteiger partial charge in [-0.15, -0.1) is 11.3 Å². The van der Waals surface area contributed by atoms with E-state index in [2.05, 4.69) is 15.6 Å². The smallest absolute Gasteiger partial charge is 0.315 e. The Morgan fingerprint density at radius 3 is 2.93 bits per heavy atom. The molecule has 4 nitrogen and oxygen atoms in total. The van der Waals surface area contributed by atoms with E-state index >= 15 is 0 Å². The van der Waals surface area contributed by atoms with Crippen molar-refractivity contribution in [3.63, 3.8) is 0 Å². The number of carbonyl (C=O) groups is 1. The molecule has 1 heterocycles. The summed E-state index contributed by atoms with van der Waals surface area (Å²) in [6.45, 7) is 5.18. The van der Waals surface area contributed by atoms with E-state index in [9.17, 15) is 4.79 Å². The van der Waals surface area contributed by atoms with Crippen LogP contribution in [0.4, 0.5) is 4.79 Å². The maximum absolute atomic E-state index is 11.1. The summed E-state index contributed by atoms with van der Waals surface area (Å²) in [5, 5.41) is 8.45. The monoisotopic (exact) mass is 213 g/mol. The van der Waals surface area contributed by atoms with Crippen LogP contribution in [0.2, 0.25) is 0 Å². The van der Waals surface area contributed by atoms with Crippen LogP contribution in [0.5, 0.6) is 0 Å². The lowest BCUT2D eigenvalue weighted by Gasteiger charge is -2.04. The Bertz CT molecular complexity index is 298. The topological polar surface area (TPSA) is 54.0 Å². The standard InChI is InChI=1S/C9H15N3OS/c1-3-4-10-9(13)11-5-8-6-14-7(2)12-8/h6H,3-5H2,1-2H3,(H2,10,11,13). The lowest BCUT2D eigenvalue weighted by molar-refractivity contribution is 0.240. The molecule has 1 rings (SSSR count). The van der Waals surface area contributed by atoms with Crippen LogP contribution in [-0.4, -0.2) is 17.6 Å². The van der Waals surface area contributed by atoms with Crippen molar-refractivity contribution in [2.75, 3.05) is 6.54 Å². The first kappa shape index (κ1) is 11.0. The fraction of sp³-hybridized carbons (Fsp3) is 0.556. The highest BCUT2D eigenvalue weighted by molar-refractivity contribution is 7.09. The number of nitrogens with one attached hydrogen (secondary N) is 2. The van der Waals surface area contributed by atoms with E-state index in [0.717, 1.165) is 17.1 Å². The summed E-state index contributed by atoms with van der Waals surface area (Å²) in [4.78, 5) is 15.4. The zero-order valence-corrected chi connectivity index (χ0v) is 9.28. The predicted octanol–water partition coefficient (Wildman–Crippen LogP) is 1.66. The minimum absolute atomic E-state index is 0.127. The van der Waals surface area contributed by atoms with Crippen LogP contribution in [0, 0.1) is 6.92 Å². The number of amides is 2. The van der Waals surface area contributed by atoms with Gasteiger partial charge in [0.15, 0.2) is 0 Å². The first-order valence-corrected chi connectivity index (χ1v) is 5.53. The molecule has 0 atom stereocenters. The normalized spacial score (nSPS) is 9.86. The van der Waals surface area contributed by atoms with Crippen LogP contribution in [0.3, 0.4) is 0 Å². The van der Waals surface area contributed by atoms with Crippen molar-refractivity contribution in [2.24, 2.45) is 0 Å². The number of hydrogen-bond donors (Lipinski definition) is 2. The Morgan fingerprint density at radius 1 is 1.57 bits per heavy atom. The highest BCUT2D eigenvalue weighted by atomic mass is 32.1. The zero-order chi connectivity index (χ0) is 10.4. The highest BCUT2D eigenvalue weighted by Crippen LogP contribution is 2.06. The Morgan fingerprint density at radius 2 is 2.36 bits per heavy atom. The molecular formula is C9H15N3OS. The molecular weight excluding hydrogens is 198 g/mol. The Balaban J connectivity index is 2.23. The summed E-state index contributed by atoms with van der Waals surface area (Å²) in [5.41, 5.74) is 0.916. The molecule has 78 valence electrons. The highest BCUT2D eigenvalue weighted by Gasteiger charge is 2.01. The van der Waals surface area contributed by atoms with Crippen molar-refractivity contribution in [2.45, 2.75) is 26.8 Å². The lowest BCUT2D eigenvalue weighted by atomic mass is 10.5. The molecule has 0 spiro atoms. The molecule has 1 aromatic heterocycles. The predicted molar refractivity (Wildman–Crippen MR) is 57.4 cm³/mol. The molecule has 0 aromatic carbocycles. The van der Waals surface area contributed by atoms with Gasteiger partial charge >= 0.3 is 6.03 Å². The van der Waals surface area contributed by atoms with Crippen LogP contribution in [-0.2, 0) is 6.54 Å². The fourth-order valence-electron chi connectivity index (χ4n) is 0.961. The van der Waals surface area contributed by atoms with Crippen LogP contribution < -0.4 is 10.6 Å². The molecule has 2 N–H and O–H groups in total. The van der Waals surface area contributed by atoms with Crippen molar-refractivity contribution >= 4 is 17.4 Å². The van der Waals surface area contributed by atoms with Gasteiger partial charge < -0.3 is 10.6 Å². The third-order valence-corrected chi connectivity index (χ3v) is 2.45. The minimum atomic E-state index is -0.127. The average molecular weight is 213 g/mol. The lowest BCUT2D eigenvalue weighted by Crippen LogP contribution is -2.35. The number of thiazole rings is 1. The van der Waals surface area contributed by atoms with Crippen molar-refractivity contribution in [1.29, 1.82) is 0 Å². The van der Waals surface area contributed by atoms with Gasteiger partial charge in [0, 0.05) is 11.9 Å². The number of carbonyl (C=O) groups excluding carboxylic acids is 1. The van der Waals surface area contributed by atoms with Gasteiger partial charge in [-0.2, -0.15) is 0 Å². The number of rotatable bonds is 4. The van der Waals surface area contributed by atoms with Crippen molar-refractivity contribution in [1.82, 2.24) is 15.6 Å². The molecule has 0 saturated heterocycles. The maximum Gasteiger partial charge on any atom is 0.315 e. The van der Waals surface area contributed by atoms with Gasteiger partial charge in [0.25, 0.3) is 0 Å². The van der Waals surface area contributed by atoms with E-state index in [-0.39, 0.29) is 6.03 Å². The van der Waals surface area contributed by atoms with Crippen molar-refractivity contribution < 1.29 is 4.79 Å². The Hall–Kier alpha value is -1.10. The van der Waals surface area contributed by atoms with Crippen molar-refractivity contribution in [3.05, 3.63) is 16.1 Å². The van der Waals surface area contributed by atoms with E-state index in [1.54, 1.807) is 11.3 Å². The number of urea groups is 1. The second kappa shape index (κ2) is 5.59. The minimum Gasteiger partial charge on any atom is -0.338 e. The second-order valence-electron chi connectivity index (χ2n) is 2.97. The van der Waals surface area contributed by atoms with Crippen LogP contribution in [0.25, 0.3) is 0 Å². The molecule has 0 aliphatic carbocycles. The van der Waals surface area contributed by atoms with Gasteiger partial charge in [0.1, 0.15) is 0 Å². The molecule has 5 heteroatoms. The summed E-state index contributed by atoms with van der Waals surface area (Å²) < 4.78 is 0. The first-order valence-electron chi connectivity index (χ1n) is 4.65. The molecule has 2 amide bonds. The quantitative estimate of drug-likeness (QED) is 0.799. The van der Waals surface area contributed by atoms with E-state index in [1.165, 1.54) is 0 Å². The van der Waals surface area contributed by atoms with Crippen LogP contribution in [0.15, 0.2) is 5.38 Å². The molecule has 1 aromatic rings. The van der Waals surface area contributed by atoms with Crippen LogP contribution in [0.1, 0.15) is 24.0 Å². The van der Waals surface area contributed by atoms with Gasteiger partial charge in [-0.3, -0.25) is 0 Å². The summed E-state index contributed by atoms with van der Waals surface area (Å²) in [7, 11) is 0. The first-order chi connectivity index (χ1) is 6.72. The van der Waals surface area contributed by atoms with Crippen molar-refractivity contribution in [3.8, 4) is 0 Å². The van der Waals surface area contributed by atoms with Gasteiger partial charge in [-0.1, -0.05) is 6.92 Å². The second-order valence-corrected chi connectivity index (χ2v) is 4.03. The Labute approximate surface area is 87.7 Å². The summed E-state index contributed by atoms with van der Waals surface area (Å²) in [6.07, 6.45) is 0.948. The Kier molecular flexibility index (Phi) is 4.39. The third kappa shape index (κ3) is 3.74. The maximum atomic E-state index is 11.1. The van der Waals surface area contributed by atoms with Gasteiger partial charge in [-0.05, 0) is 13.3 Å². The molecule has 0 fully saturated rings. The molecule has 0 aliphatic rings. The number of aryl methyl sites for hydroxylation is 1. The summed E-state index contributed by atoms with van der Waals surface area (Å²) >= 11 is 1.59. The number of hydrogen-bond acceptors (Lipinski definition) is 3. The van der Waals surface area contributed by atoms with E-state index in [1.807, 2.05) is 19.2 Å². The number of aromatic nitrogens is 1. The summed E-state index contributed by atoms with van der Waals surface area (Å²) in [6, 6.07) is -0.127. The molecule has 0 radical (unpaired) electrons. The van der Waals surface area contributed by atoms with Gasteiger partial charge in [0.2, 0.25) is 0 Å². The third-order valence-electron chi connectivity index (χ3n) is 1.63. The average Bonchev–Trinajstić information content (AvgIpc) is 2.58. The van der Waals surface area contributed by atoms with Crippen LogP contribution >= 0.6 is 11.3 Å². The van der Waals surface area contributed by atoms with Gasteiger partial charge in [0.05, 0.1) is 17.2 Å². The molecule has 14 heavy (non-hydrogen) atoms. The largest absolute Gasteiger partial charge is 0.338 e. The SMILES string of the molecule is CCCNC(=O)NCc1csc(C)n1. The molecule has 0 saturated carbocycles. The van der Waals surface area contributed by atoms with E-state index in [4.69, 9.17) is 0 Å². The zero-order valence-electron chi connectivity index (χ0n) is 8.46. The molecule has 0 bridgehead atoms. The number of nitrogens with zero attached hydrogens (tertiary/aromatic N) is 1. The molecule has 0 aliphatic heterocycles. The van der Waals surface area contributed by atoms with E-state index < -0.39 is 0 Å². The molecule has 0 unspecified atom stereocenters. The fourth-order valence-corrected chi connectivity index (χ4v) is 1.57. The van der Waals surface area contributed by atoms with Gasteiger partial charge in [-0.25, -0.2) is 9.78 Å². The van der Waals surface area contributed by atoms with E-state index in [0.29, 0.717) is 13.1 Å². The summed E-state index contributed by atoms with van der Waals surface area (Å²) in [5.74, 6) is 0.